The number of hydrogen-bond donors (Lipinski definition) is 0. The Morgan fingerprint density at radius 1 is 1.29 bits per heavy atom. The summed E-state index contributed by atoms with van der Waals surface area (Å²) in [5.74, 6) is -0.00726. The molecule has 1 heterocycles. The second kappa shape index (κ2) is 5.37. The zero-order valence-electron chi connectivity index (χ0n) is 11.4. The van der Waals surface area contributed by atoms with Crippen molar-refractivity contribution in [3.05, 3.63) is 58.4 Å². The Hall–Kier alpha value is -2.07. The van der Waals surface area contributed by atoms with Gasteiger partial charge >= 0.3 is 0 Å². The fraction of sp³-hybridized carbons (Fsp3) is 0.188. The van der Waals surface area contributed by atoms with Gasteiger partial charge in [0.2, 0.25) is 0 Å². The third-order valence-electron chi connectivity index (χ3n) is 3.59. The van der Waals surface area contributed by atoms with Crippen LogP contribution in [0.1, 0.15) is 15.9 Å². The lowest BCUT2D eigenvalue weighted by Gasteiger charge is -2.18. The van der Waals surface area contributed by atoms with Crippen molar-refractivity contribution in [2.24, 2.45) is 0 Å². The van der Waals surface area contributed by atoms with Gasteiger partial charge in [0.25, 0.3) is 5.91 Å². The minimum atomic E-state index is -0.475. The second-order valence-electron chi connectivity index (χ2n) is 4.83. The van der Waals surface area contributed by atoms with Gasteiger partial charge in [0.05, 0.1) is 17.7 Å². The van der Waals surface area contributed by atoms with Crippen LogP contribution in [0.2, 0.25) is 5.02 Å². The molecule has 108 valence electrons. The largest absolute Gasteiger partial charge is 0.497 e. The minimum absolute atomic E-state index is 0.181. The molecule has 0 spiro atoms. The first-order chi connectivity index (χ1) is 10.1. The first-order valence-corrected chi connectivity index (χ1v) is 6.92. The highest BCUT2D eigenvalue weighted by Crippen LogP contribution is 2.33. The lowest BCUT2D eigenvalue weighted by Crippen LogP contribution is -2.29. The van der Waals surface area contributed by atoms with Gasteiger partial charge in [-0.1, -0.05) is 11.6 Å². The highest BCUT2D eigenvalue weighted by Gasteiger charge is 2.27. The summed E-state index contributed by atoms with van der Waals surface area (Å²) < 4.78 is 18.5. The van der Waals surface area contributed by atoms with Crippen LogP contribution in [0.5, 0.6) is 5.75 Å². The van der Waals surface area contributed by atoms with E-state index in [2.05, 4.69) is 0 Å². The Morgan fingerprint density at radius 3 is 2.86 bits per heavy atom. The van der Waals surface area contributed by atoms with E-state index in [1.807, 2.05) is 12.1 Å². The van der Waals surface area contributed by atoms with Crippen LogP contribution in [-0.2, 0) is 6.42 Å². The van der Waals surface area contributed by atoms with E-state index in [1.165, 1.54) is 18.2 Å². The van der Waals surface area contributed by atoms with Gasteiger partial charge in [-0.15, -0.1) is 0 Å². The summed E-state index contributed by atoms with van der Waals surface area (Å²) in [6.07, 6.45) is 0.741. The van der Waals surface area contributed by atoms with E-state index in [0.29, 0.717) is 6.54 Å². The van der Waals surface area contributed by atoms with Crippen LogP contribution in [0.4, 0.5) is 10.1 Å². The number of halogens is 2. The van der Waals surface area contributed by atoms with Gasteiger partial charge in [-0.2, -0.15) is 0 Å². The van der Waals surface area contributed by atoms with Crippen molar-refractivity contribution in [3.8, 4) is 5.75 Å². The summed E-state index contributed by atoms with van der Waals surface area (Å²) in [5, 5.41) is 0.253. The number of anilines is 1. The molecule has 2 aromatic carbocycles. The summed E-state index contributed by atoms with van der Waals surface area (Å²) in [6, 6.07) is 9.36. The summed E-state index contributed by atoms with van der Waals surface area (Å²) in [4.78, 5) is 14.2. The lowest BCUT2D eigenvalue weighted by molar-refractivity contribution is 0.0989. The molecule has 0 fully saturated rings. The molecule has 1 amide bonds. The van der Waals surface area contributed by atoms with Crippen molar-refractivity contribution in [2.75, 3.05) is 18.6 Å². The molecule has 0 atom stereocenters. The lowest BCUT2D eigenvalue weighted by atomic mass is 10.1. The highest BCUT2D eigenvalue weighted by atomic mass is 35.5. The molecule has 21 heavy (non-hydrogen) atoms. The molecule has 0 saturated carbocycles. The fourth-order valence-corrected chi connectivity index (χ4v) is 2.72. The molecule has 0 saturated heterocycles. The number of ether oxygens (including phenoxy) is 1. The Bertz CT molecular complexity index is 717. The fourth-order valence-electron chi connectivity index (χ4n) is 2.52. The van der Waals surface area contributed by atoms with Crippen molar-refractivity contribution in [2.45, 2.75) is 6.42 Å². The predicted molar refractivity (Wildman–Crippen MR) is 79.8 cm³/mol. The maximum Gasteiger partial charge on any atom is 0.259 e. The van der Waals surface area contributed by atoms with Gasteiger partial charge in [-0.05, 0) is 48.4 Å². The van der Waals surface area contributed by atoms with Crippen LogP contribution in [0, 0.1) is 5.82 Å². The second-order valence-corrected chi connectivity index (χ2v) is 5.23. The van der Waals surface area contributed by atoms with E-state index in [9.17, 15) is 9.18 Å². The molecule has 0 N–H and O–H groups in total. The molecule has 3 rings (SSSR count). The average molecular weight is 306 g/mol. The Balaban J connectivity index is 1.97. The first-order valence-electron chi connectivity index (χ1n) is 6.54. The van der Waals surface area contributed by atoms with Crippen molar-refractivity contribution in [3.63, 3.8) is 0 Å². The number of amides is 1. The van der Waals surface area contributed by atoms with Gasteiger partial charge in [0.15, 0.2) is 0 Å². The topological polar surface area (TPSA) is 29.5 Å². The highest BCUT2D eigenvalue weighted by molar-refractivity contribution is 6.34. The molecule has 0 aromatic heterocycles. The zero-order valence-corrected chi connectivity index (χ0v) is 12.2. The molecule has 0 aliphatic carbocycles. The van der Waals surface area contributed by atoms with E-state index in [-0.39, 0.29) is 16.5 Å². The van der Waals surface area contributed by atoms with Gasteiger partial charge in [0.1, 0.15) is 11.6 Å². The molecule has 5 heteroatoms. The van der Waals surface area contributed by atoms with Crippen molar-refractivity contribution in [1.82, 2.24) is 0 Å². The first kappa shape index (κ1) is 13.9. The summed E-state index contributed by atoms with van der Waals surface area (Å²) >= 11 is 6.01. The minimum Gasteiger partial charge on any atom is -0.497 e. The Labute approximate surface area is 126 Å². The molecule has 1 aliphatic rings. The normalized spacial score (nSPS) is 13.2. The standard InChI is InChI=1S/C16H13ClFNO2/c1-21-12-3-5-15-10(8-12)6-7-19(15)16(20)13-9-11(18)2-4-14(13)17/h2-5,8-9H,6-7H2,1H3. The predicted octanol–water partition coefficient (Wildman–Crippen LogP) is 3.69. The molecule has 0 radical (unpaired) electrons. The monoisotopic (exact) mass is 305 g/mol. The van der Waals surface area contributed by atoms with E-state index in [4.69, 9.17) is 16.3 Å². The summed E-state index contributed by atoms with van der Waals surface area (Å²) in [6.45, 7) is 0.550. The van der Waals surface area contributed by atoms with Crippen LogP contribution in [0.15, 0.2) is 36.4 Å². The molecular weight excluding hydrogens is 293 g/mol. The van der Waals surface area contributed by atoms with Crippen LogP contribution in [0.3, 0.4) is 0 Å². The molecule has 1 aliphatic heterocycles. The van der Waals surface area contributed by atoms with E-state index in [1.54, 1.807) is 18.1 Å². The van der Waals surface area contributed by atoms with E-state index >= 15 is 0 Å². The van der Waals surface area contributed by atoms with Gasteiger partial charge in [-0.25, -0.2) is 4.39 Å². The van der Waals surface area contributed by atoms with Crippen molar-refractivity contribution in [1.29, 1.82) is 0 Å². The number of carbonyl (C=O) groups is 1. The van der Waals surface area contributed by atoms with Gasteiger partial charge < -0.3 is 9.64 Å². The van der Waals surface area contributed by atoms with E-state index in [0.717, 1.165) is 23.4 Å². The SMILES string of the molecule is COc1ccc2c(c1)CCN2C(=O)c1cc(F)ccc1Cl. The van der Waals surface area contributed by atoms with Crippen LogP contribution >= 0.6 is 11.6 Å². The number of hydrogen-bond acceptors (Lipinski definition) is 2. The molecule has 3 nitrogen and oxygen atoms in total. The van der Waals surface area contributed by atoms with Crippen molar-refractivity contribution < 1.29 is 13.9 Å². The number of rotatable bonds is 2. The van der Waals surface area contributed by atoms with Crippen LogP contribution < -0.4 is 9.64 Å². The maximum atomic E-state index is 13.3. The van der Waals surface area contributed by atoms with Gasteiger partial charge in [0, 0.05) is 12.2 Å². The zero-order chi connectivity index (χ0) is 15.0. The third-order valence-corrected chi connectivity index (χ3v) is 3.92. The van der Waals surface area contributed by atoms with Gasteiger partial charge in [-0.3, -0.25) is 4.79 Å². The van der Waals surface area contributed by atoms with Crippen LogP contribution in [0.25, 0.3) is 0 Å². The molecule has 2 aromatic rings. The number of methoxy groups -OCH3 is 1. The number of carbonyl (C=O) groups excluding carboxylic acids is 1. The summed E-state index contributed by atoms with van der Waals surface area (Å²) in [5.41, 5.74) is 2.04. The number of fused-ring (bicyclic) bond motifs is 1. The van der Waals surface area contributed by atoms with Crippen LogP contribution in [-0.4, -0.2) is 19.6 Å². The smallest absolute Gasteiger partial charge is 0.259 e. The Kier molecular flexibility index (Phi) is 3.55. The summed E-state index contributed by atoms with van der Waals surface area (Å²) in [7, 11) is 1.60. The van der Waals surface area contributed by atoms with Crippen molar-refractivity contribution >= 4 is 23.2 Å². The van der Waals surface area contributed by atoms with E-state index < -0.39 is 5.82 Å². The molecular formula is C16H13ClFNO2. The quantitative estimate of drug-likeness (QED) is 0.847. The third kappa shape index (κ3) is 2.47. The molecule has 0 bridgehead atoms. The Morgan fingerprint density at radius 2 is 2.10 bits per heavy atom. The number of nitrogens with zero attached hydrogens (tertiary/aromatic N) is 1. The number of benzene rings is 2. The molecule has 0 unspecified atom stereocenters. The average Bonchev–Trinajstić information content (AvgIpc) is 2.91. The maximum absolute atomic E-state index is 13.3.